The van der Waals surface area contributed by atoms with Gasteiger partial charge >= 0.3 is 0 Å². The number of pyridine rings is 1. The first-order valence-corrected chi connectivity index (χ1v) is 11.9. The van der Waals surface area contributed by atoms with Crippen LogP contribution in [0, 0.1) is 5.92 Å². The summed E-state index contributed by atoms with van der Waals surface area (Å²) in [5.74, 6) is -6.21. The van der Waals surface area contributed by atoms with E-state index in [0.717, 1.165) is 5.56 Å². The van der Waals surface area contributed by atoms with E-state index in [9.17, 15) is 28.0 Å². The lowest BCUT2D eigenvalue weighted by Crippen LogP contribution is -2.54. The molecule has 0 radical (unpaired) electrons. The van der Waals surface area contributed by atoms with Crippen molar-refractivity contribution < 1.29 is 28.0 Å². The van der Waals surface area contributed by atoms with Crippen molar-refractivity contribution >= 4 is 23.5 Å². The normalized spacial score (nSPS) is 16.9. The van der Waals surface area contributed by atoms with Crippen LogP contribution in [-0.2, 0) is 32.1 Å². The molecule has 1 aromatic carbocycles. The Bertz CT molecular complexity index is 1060. The molecule has 1 saturated carbocycles. The summed E-state index contributed by atoms with van der Waals surface area (Å²) >= 11 is 0. The number of hydrogen-bond donors (Lipinski definition) is 3. The Morgan fingerprint density at radius 2 is 1.67 bits per heavy atom. The number of alkyl halides is 2. The van der Waals surface area contributed by atoms with Crippen LogP contribution < -0.4 is 16.0 Å². The molecule has 0 spiro atoms. The predicted octanol–water partition coefficient (Wildman–Crippen LogP) is 2.32. The van der Waals surface area contributed by atoms with Crippen LogP contribution in [-0.4, -0.2) is 46.5 Å². The fraction of sp³-hybridized carbons (Fsp3) is 0.423. The van der Waals surface area contributed by atoms with Gasteiger partial charge in [0.1, 0.15) is 12.1 Å². The Labute approximate surface area is 208 Å². The minimum Gasteiger partial charge on any atom is -0.344 e. The van der Waals surface area contributed by atoms with Gasteiger partial charge in [0.25, 0.3) is 5.91 Å². The van der Waals surface area contributed by atoms with E-state index in [4.69, 9.17) is 0 Å². The second-order valence-corrected chi connectivity index (χ2v) is 8.98. The summed E-state index contributed by atoms with van der Waals surface area (Å²) in [4.78, 5) is 54.9. The molecule has 1 aromatic heterocycles. The molecule has 0 unspecified atom stereocenters. The van der Waals surface area contributed by atoms with Gasteiger partial charge in [0.05, 0.1) is 12.2 Å². The van der Waals surface area contributed by atoms with Crippen LogP contribution in [0.3, 0.4) is 0 Å². The molecule has 8 nitrogen and oxygen atoms in total. The highest BCUT2D eigenvalue weighted by Crippen LogP contribution is 2.36. The van der Waals surface area contributed by atoms with E-state index in [1.165, 1.54) is 6.92 Å². The third-order valence-corrected chi connectivity index (χ3v) is 6.14. The number of hydrogen-bond acceptors (Lipinski definition) is 5. The van der Waals surface area contributed by atoms with Gasteiger partial charge in [-0.25, -0.2) is 8.78 Å². The van der Waals surface area contributed by atoms with Gasteiger partial charge < -0.3 is 16.0 Å². The standard InChI is InChI=1S/C26H30F2N4O4/c1-17(31-24(35)19-10-12-26(27,28)13-11-19)23(34)32-21(15-18-7-3-2-4-8-18)22(33)25(36)30-16-20-9-5-6-14-29-20/h2-9,14,17,19,21H,10-13,15-16H2,1H3,(H,30,36)(H,31,35)(H,32,34)/t17-,21+/m0/s1. The zero-order chi connectivity index (χ0) is 26.1. The molecule has 1 fully saturated rings. The van der Waals surface area contributed by atoms with Crippen molar-refractivity contribution in [2.24, 2.45) is 5.92 Å². The molecule has 2 aromatic rings. The molecule has 3 N–H and O–H groups in total. The van der Waals surface area contributed by atoms with Crippen molar-refractivity contribution in [1.29, 1.82) is 0 Å². The number of rotatable bonds is 10. The molecule has 0 aliphatic heterocycles. The van der Waals surface area contributed by atoms with E-state index < -0.39 is 47.4 Å². The maximum atomic E-state index is 13.4. The van der Waals surface area contributed by atoms with Crippen LogP contribution in [0.4, 0.5) is 8.78 Å². The van der Waals surface area contributed by atoms with Crippen LogP contribution in [0.5, 0.6) is 0 Å². The third kappa shape index (κ3) is 7.93. The van der Waals surface area contributed by atoms with E-state index in [-0.39, 0.29) is 38.6 Å². The van der Waals surface area contributed by atoms with Crippen LogP contribution in [0.2, 0.25) is 0 Å². The first kappa shape index (κ1) is 26.9. The van der Waals surface area contributed by atoms with E-state index in [1.54, 1.807) is 54.7 Å². The average molecular weight is 501 g/mol. The number of aromatic nitrogens is 1. The number of carbonyl (C=O) groups is 4. The monoisotopic (exact) mass is 500 g/mol. The van der Waals surface area contributed by atoms with Gasteiger partial charge in [-0.3, -0.25) is 24.2 Å². The summed E-state index contributed by atoms with van der Waals surface area (Å²) in [5.41, 5.74) is 1.30. The quantitative estimate of drug-likeness (QED) is 0.433. The minimum absolute atomic E-state index is 0.0404. The Balaban J connectivity index is 1.61. The van der Waals surface area contributed by atoms with E-state index >= 15 is 0 Å². The average Bonchev–Trinajstić information content (AvgIpc) is 2.87. The molecule has 3 amide bonds. The highest BCUT2D eigenvalue weighted by molar-refractivity contribution is 6.38. The molecule has 1 aliphatic rings. The Hall–Kier alpha value is -3.69. The first-order valence-electron chi connectivity index (χ1n) is 11.9. The van der Waals surface area contributed by atoms with Crippen LogP contribution >= 0.6 is 0 Å². The van der Waals surface area contributed by atoms with Gasteiger partial charge in [0.2, 0.25) is 23.5 Å². The molecule has 1 aliphatic carbocycles. The van der Waals surface area contributed by atoms with Crippen molar-refractivity contribution in [2.45, 2.75) is 63.6 Å². The van der Waals surface area contributed by atoms with Crippen LogP contribution in [0.1, 0.15) is 43.9 Å². The van der Waals surface area contributed by atoms with Gasteiger partial charge in [-0.2, -0.15) is 0 Å². The second kappa shape index (κ2) is 12.3. The topological polar surface area (TPSA) is 117 Å². The van der Waals surface area contributed by atoms with Crippen molar-refractivity contribution in [3.05, 3.63) is 66.0 Å². The maximum Gasteiger partial charge on any atom is 0.289 e. The molecule has 1 heterocycles. The number of Topliss-reactive ketones (excluding diaryl/α,β-unsaturated/α-hetero) is 1. The highest BCUT2D eigenvalue weighted by Gasteiger charge is 2.38. The van der Waals surface area contributed by atoms with Crippen molar-refractivity contribution in [3.8, 4) is 0 Å². The SMILES string of the molecule is C[C@H](NC(=O)C1CCC(F)(F)CC1)C(=O)N[C@H](Cc1ccccc1)C(=O)C(=O)NCc1ccccn1. The van der Waals surface area contributed by atoms with Gasteiger partial charge in [0, 0.05) is 31.4 Å². The van der Waals surface area contributed by atoms with E-state index in [0.29, 0.717) is 5.69 Å². The number of ketones is 1. The molecule has 10 heteroatoms. The summed E-state index contributed by atoms with van der Waals surface area (Å²) in [6.07, 6.45) is 0.981. The Morgan fingerprint density at radius 3 is 2.31 bits per heavy atom. The molecule has 2 atom stereocenters. The second-order valence-electron chi connectivity index (χ2n) is 8.98. The lowest BCUT2D eigenvalue weighted by atomic mass is 9.86. The number of nitrogens with one attached hydrogen (secondary N) is 3. The summed E-state index contributed by atoms with van der Waals surface area (Å²) in [6.45, 7) is 1.49. The zero-order valence-corrected chi connectivity index (χ0v) is 20.0. The van der Waals surface area contributed by atoms with Crippen LogP contribution in [0.25, 0.3) is 0 Å². The third-order valence-electron chi connectivity index (χ3n) is 6.14. The zero-order valence-electron chi connectivity index (χ0n) is 20.0. The molecule has 36 heavy (non-hydrogen) atoms. The predicted molar refractivity (Wildman–Crippen MR) is 128 cm³/mol. The number of halogens is 2. The van der Waals surface area contributed by atoms with Crippen molar-refractivity contribution in [2.75, 3.05) is 0 Å². The molecular weight excluding hydrogens is 470 g/mol. The van der Waals surface area contributed by atoms with Crippen LogP contribution in [0.15, 0.2) is 54.7 Å². The van der Waals surface area contributed by atoms with E-state index in [1.807, 2.05) is 0 Å². The Kier molecular flexibility index (Phi) is 9.21. The molecule has 0 saturated heterocycles. The number of nitrogens with zero attached hydrogens (tertiary/aromatic N) is 1. The number of carbonyl (C=O) groups excluding carboxylic acids is 4. The van der Waals surface area contributed by atoms with Gasteiger partial charge in [0.15, 0.2) is 0 Å². The Morgan fingerprint density at radius 1 is 1.00 bits per heavy atom. The largest absolute Gasteiger partial charge is 0.344 e. The van der Waals surface area contributed by atoms with Gasteiger partial charge in [-0.1, -0.05) is 36.4 Å². The van der Waals surface area contributed by atoms with Gasteiger partial charge in [-0.05, 0) is 37.5 Å². The minimum atomic E-state index is -2.76. The lowest BCUT2D eigenvalue weighted by molar-refractivity contribution is -0.140. The van der Waals surface area contributed by atoms with E-state index in [2.05, 4.69) is 20.9 Å². The number of amides is 3. The smallest absolute Gasteiger partial charge is 0.289 e. The molecule has 0 bridgehead atoms. The lowest BCUT2D eigenvalue weighted by Gasteiger charge is -2.28. The molecule has 192 valence electrons. The summed E-state index contributed by atoms with van der Waals surface area (Å²) < 4.78 is 26.8. The fourth-order valence-corrected chi connectivity index (χ4v) is 3.97. The summed E-state index contributed by atoms with van der Waals surface area (Å²) in [6, 6.07) is 11.9. The fourth-order valence-electron chi connectivity index (χ4n) is 3.97. The first-order chi connectivity index (χ1) is 17.1. The van der Waals surface area contributed by atoms with Crippen molar-refractivity contribution in [3.63, 3.8) is 0 Å². The maximum absolute atomic E-state index is 13.4. The molecule has 3 rings (SSSR count). The summed E-state index contributed by atoms with van der Waals surface area (Å²) in [7, 11) is 0. The van der Waals surface area contributed by atoms with Crippen molar-refractivity contribution in [1.82, 2.24) is 20.9 Å². The summed E-state index contributed by atoms with van der Waals surface area (Å²) in [5, 5.41) is 7.63. The van der Waals surface area contributed by atoms with Gasteiger partial charge in [-0.15, -0.1) is 0 Å². The number of benzene rings is 1. The molecular formula is C26H30F2N4O4. The highest BCUT2D eigenvalue weighted by atomic mass is 19.3.